The van der Waals surface area contributed by atoms with Gasteiger partial charge in [-0.15, -0.1) is 0 Å². The molecule has 7 heteroatoms. The zero-order valence-electron chi connectivity index (χ0n) is 9.64. The van der Waals surface area contributed by atoms with Crippen molar-refractivity contribution in [2.75, 3.05) is 23.9 Å². The second-order valence-electron chi connectivity index (χ2n) is 3.73. The van der Waals surface area contributed by atoms with Crippen molar-refractivity contribution in [3.8, 4) is 0 Å². The van der Waals surface area contributed by atoms with Crippen LogP contribution in [0.15, 0.2) is 6.33 Å². The van der Waals surface area contributed by atoms with Gasteiger partial charge in [-0.2, -0.15) is 11.8 Å². The van der Waals surface area contributed by atoms with E-state index in [1.54, 1.807) is 23.4 Å². The first-order valence-electron chi connectivity index (χ1n) is 4.94. The summed E-state index contributed by atoms with van der Waals surface area (Å²) in [5.41, 5.74) is 0. The Morgan fingerprint density at radius 1 is 1.75 bits per heavy atom. The number of nitro groups is 1. The van der Waals surface area contributed by atoms with Crippen LogP contribution < -0.4 is 5.32 Å². The summed E-state index contributed by atoms with van der Waals surface area (Å²) in [5.74, 6) is 1.85. The molecule has 90 valence electrons. The van der Waals surface area contributed by atoms with Crippen LogP contribution in [0.1, 0.15) is 6.92 Å². The van der Waals surface area contributed by atoms with E-state index >= 15 is 0 Å². The summed E-state index contributed by atoms with van der Waals surface area (Å²) in [4.78, 5) is 14.0. The van der Waals surface area contributed by atoms with Crippen LogP contribution in [0.4, 0.5) is 11.6 Å². The lowest BCUT2D eigenvalue weighted by Crippen LogP contribution is -2.15. The minimum absolute atomic E-state index is 0.112. The number of aryl methyl sites for hydroxylation is 1. The van der Waals surface area contributed by atoms with E-state index in [1.165, 1.54) is 6.33 Å². The first-order valence-corrected chi connectivity index (χ1v) is 6.34. The van der Waals surface area contributed by atoms with Gasteiger partial charge in [-0.05, 0) is 27.8 Å². The Kier molecular flexibility index (Phi) is 4.60. The number of hydrogen-bond acceptors (Lipinski definition) is 5. The van der Waals surface area contributed by atoms with Crippen LogP contribution in [0.5, 0.6) is 0 Å². The SMILES string of the molecule is CSCC(C)CNc1c([N+](=O)[O-])ncn1C. The molecule has 0 aliphatic heterocycles. The summed E-state index contributed by atoms with van der Waals surface area (Å²) >= 11 is 1.77. The van der Waals surface area contributed by atoms with Crippen LogP contribution >= 0.6 is 11.8 Å². The third kappa shape index (κ3) is 3.13. The molecule has 6 nitrogen and oxygen atoms in total. The molecule has 0 bridgehead atoms. The molecule has 0 radical (unpaired) electrons. The van der Waals surface area contributed by atoms with Gasteiger partial charge >= 0.3 is 5.82 Å². The molecule has 1 aromatic heterocycles. The molecule has 1 heterocycles. The average molecular weight is 244 g/mol. The smallest absolute Gasteiger partial charge is 0.364 e. The molecule has 16 heavy (non-hydrogen) atoms. The lowest BCUT2D eigenvalue weighted by Gasteiger charge is -2.11. The van der Waals surface area contributed by atoms with Crippen LogP contribution in [0.3, 0.4) is 0 Å². The zero-order valence-corrected chi connectivity index (χ0v) is 10.5. The average Bonchev–Trinajstić information content (AvgIpc) is 2.57. The number of imidazole rings is 1. The molecule has 0 saturated carbocycles. The summed E-state index contributed by atoms with van der Waals surface area (Å²) in [6, 6.07) is 0. The van der Waals surface area contributed by atoms with E-state index in [4.69, 9.17) is 0 Å². The molecule has 0 saturated heterocycles. The maximum absolute atomic E-state index is 10.7. The Bertz CT molecular complexity index is 366. The molecular formula is C9H16N4O2S. The van der Waals surface area contributed by atoms with Gasteiger partial charge in [0.05, 0.1) is 0 Å². The predicted molar refractivity (Wildman–Crippen MR) is 65.9 cm³/mol. The molecule has 1 aromatic rings. The molecule has 0 aliphatic carbocycles. The van der Waals surface area contributed by atoms with Crippen molar-refractivity contribution in [3.63, 3.8) is 0 Å². The minimum Gasteiger partial charge on any atom is -0.364 e. The van der Waals surface area contributed by atoms with Gasteiger partial charge in [0.25, 0.3) is 0 Å². The standard InChI is InChI=1S/C9H16N4O2S/c1-7(5-16-3)4-10-8-9(13(14)15)11-6-12(8)2/h6-7,10H,4-5H2,1-3H3. The first kappa shape index (κ1) is 12.8. The second-order valence-corrected chi connectivity index (χ2v) is 4.64. The summed E-state index contributed by atoms with van der Waals surface area (Å²) in [5, 5.41) is 13.8. The monoisotopic (exact) mass is 244 g/mol. The van der Waals surface area contributed by atoms with Crippen LogP contribution in [0, 0.1) is 16.0 Å². The second kappa shape index (κ2) is 5.74. The fraction of sp³-hybridized carbons (Fsp3) is 0.667. The quantitative estimate of drug-likeness (QED) is 0.609. The van der Waals surface area contributed by atoms with Gasteiger partial charge in [0, 0.05) is 13.6 Å². The van der Waals surface area contributed by atoms with Crippen LogP contribution in [0.2, 0.25) is 0 Å². The molecule has 0 fully saturated rings. The highest BCUT2D eigenvalue weighted by Gasteiger charge is 2.19. The molecule has 1 unspecified atom stereocenters. The molecular weight excluding hydrogens is 228 g/mol. The number of nitrogens with one attached hydrogen (secondary N) is 1. The third-order valence-corrected chi connectivity index (χ3v) is 3.06. The normalized spacial score (nSPS) is 12.4. The number of hydrogen-bond donors (Lipinski definition) is 1. The van der Waals surface area contributed by atoms with E-state index in [2.05, 4.69) is 17.2 Å². The van der Waals surface area contributed by atoms with Crippen molar-refractivity contribution in [3.05, 3.63) is 16.4 Å². The van der Waals surface area contributed by atoms with Gasteiger partial charge in [0.15, 0.2) is 0 Å². The van der Waals surface area contributed by atoms with Crippen molar-refractivity contribution >= 4 is 23.4 Å². The zero-order chi connectivity index (χ0) is 12.1. The van der Waals surface area contributed by atoms with E-state index in [1.807, 2.05) is 6.26 Å². The van der Waals surface area contributed by atoms with Crippen molar-refractivity contribution in [1.29, 1.82) is 0 Å². The number of anilines is 1. The van der Waals surface area contributed by atoms with Crippen molar-refractivity contribution < 1.29 is 4.92 Å². The molecule has 0 amide bonds. The lowest BCUT2D eigenvalue weighted by molar-refractivity contribution is -0.388. The van der Waals surface area contributed by atoms with Crippen LogP contribution in [-0.4, -0.2) is 33.0 Å². The fourth-order valence-corrected chi connectivity index (χ4v) is 2.06. The Labute approximate surface area is 98.6 Å². The maximum atomic E-state index is 10.7. The maximum Gasteiger partial charge on any atom is 0.406 e. The molecule has 0 aliphatic rings. The number of rotatable bonds is 6. The molecule has 1 atom stereocenters. The number of aromatic nitrogens is 2. The highest BCUT2D eigenvalue weighted by molar-refractivity contribution is 7.98. The highest BCUT2D eigenvalue weighted by atomic mass is 32.2. The highest BCUT2D eigenvalue weighted by Crippen LogP contribution is 2.21. The fourth-order valence-electron chi connectivity index (χ4n) is 1.37. The molecule has 1 rings (SSSR count). The lowest BCUT2D eigenvalue weighted by atomic mass is 10.2. The Morgan fingerprint density at radius 3 is 3.00 bits per heavy atom. The van der Waals surface area contributed by atoms with E-state index in [0.717, 1.165) is 5.75 Å². The minimum atomic E-state index is -0.471. The Balaban J connectivity index is 2.65. The van der Waals surface area contributed by atoms with Crippen molar-refractivity contribution in [2.45, 2.75) is 6.92 Å². The van der Waals surface area contributed by atoms with E-state index in [0.29, 0.717) is 18.3 Å². The van der Waals surface area contributed by atoms with Crippen molar-refractivity contribution in [1.82, 2.24) is 9.55 Å². The largest absolute Gasteiger partial charge is 0.406 e. The van der Waals surface area contributed by atoms with E-state index in [9.17, 15) is 10.1 Å². The van der Waals surface area contributed by atoms with Gasteiger partial charge in [-0.25, -0.2) is 0 Å². The van der Waals surface area contributed by atoms with Crippen LogP contribution in [0.25, 0.3) is 0 Å². The predicted octanol–water partition coefficient (Wildman–Crippen LogP) is 1.74. The summed E-state index contributed by atoms with van der Waals surface area (Å²) in [6.45, 7) is 2.81. The van der Waals surface area contributed by atoms with Gasteiger partial charge in [-0.1, -0.05) is 6.92 Å². The summed E-state index contributed by atoms with van der Waals surface area (Å²) < 4.78 is 1.63. The van der Waals surface area contributed by atoms with E-state index < -0.39 is 4.92 Å². The molecule has 1 N–H and O–H groups in total. The van der Waals surface area contributed by atoms with Crippen molar-refractivity contribution in [2.24, 2.45) is 13.0 Å². The number of thioether (sulfide) groups is 1. The summed E-state index contributed by atoms with van der Waals surface area (Å²) in [6.07, 6.45) is 3.49. The third-order valence-electron chi connectivity index (χ3n) is 2.16. The van der Waals surface area contributed by atoms with E-state index in [-0.39, 0.29) is 5.82 Å². The van der Waals surface area contributed by atoms with Gasteiger partial charge < -0.3 is 15.4 Å². The van der Waals surface area contributed by atoms with Gasteiger partial charge in [0.1, 0.15) is 0 Å². The first-order chi connectivity index (χ1) is 7.56. The Hall–Kier alpha value is -1.24. The van der Waals surface area contributed by atoms with Gasteiger partial charge in [0.2, 0.25) is 12.1 Å². The topological polar surface area (TPSA) is 73.0 Å². The molecule has 0 spiro atoms. The van der Waals surface area contributed by atoms with Crippen LogP contribution in [-0.2, 0) is 7.05 Å². The van der Waals surface area contributed by atoms with Gasteiger partial charge in [-0.3, -0.25) is 4.57 Å². The summed E-state index contributed by atoms with van der Waals surface area (Å²) in [7, 11) is 1.74. The molecule has 0 aromatic carbocycles. The Morgan fingerprint density at radius 2 is 2.44 bits per heavy atom. The number of nitrogens with zero attached hydrogens (tertiary/aromatic N) is 3.